The van der Waals surface area contributed by atoms with Crippen LogP contribution >= 0.6 is 0 Å². The number of rotatable bonds is 2. The second kappa shape index (κ2) is 6.67. The summed E-state index contributed by atoms with van der Waals surface area (Å²) in [7, 11) is 0. The lowest BCUT2D eigenvalue weighted by Crippen LogP contribution is -1.98. The minimum absolute atomic E-state index is 0.208. The average Bonchev–Trinajstić information content (AvgIpc) is 3.46. The van der Waals surface area contributed by atoms with E-state index in [1.165, 1.54) is 33.4 Å². The van der Waals surface area contributed by atoms with Crippen molar-refractivity contribution in [2.24, 2.45) is 0 Å². The van der Waals surface area contributed by atoms with Crippen molar-refractivity contribution in [1.29, 1.82) is 0 Å². The van der Waals surface area contributed by atoms with Crippen molar-refractivity contribution in [1.82, 2.24) is 0 Å². The van der Waals surface area contributed by atoms with Gasteiger partial charge in [-0.3, -0.25) is 4.79 Å². The Morgan fingerprint density at radius 1 is 0.467 bits per heavy atom. The molecule has 142 valence electrons. The second-order valence-corrected chi connectivity index (χ2v) is 8.06. The van der Waals surface area contributed by atoms with E-state index in [1.807, 2.05) is 12.1 Å². The number of fused-ring (bicyclic) bond motifs is 5. The topological polar surface area (TPSA) is 17.1 Å². The van der Waals surface area contributed by atoms with E-state index in [2.05, 4.69) is 84.9 Å². The van der Waals surface area contributed by atoms with Gasteiger partial charge in [0.15, 0.2) is 5.43 Å². The van der Waals surface area contributed by atoms with Crippen LogP contribution in [0.15, 0.2) is 102 Å². The summed E-state index contributed by atoms with van der Waals surface area (Å²) >= 11 is 0. The van der Waals surface area contributed by atoms with Crippen LogP contribution in [0, 0.1) is 0 Å². The molecule has 0 bridgehead atoms. The lowest BCUT2D eigenvalue weighted by Gasteiger charge is -2.15. The van der Waals surface area contributed by atoms with Crippen molar-refractivity contribution in [2.75, 3.05) is 0 Å². The fourth-order valence-corrected chi connectivity index (χ4v) is 4.66. The Morgan fingerprint density at radius 2 is 0.900 bits per heavy atom. The first-order valence-corrected chi connectivity index (χ1v) is 10.5. The molecule has 1 aliphatic carbocycles. The number of aryl methyl sites for hydroxylation is 2. The minimum atomic E-state index is 0.208. The zero-order chi connectivity index (χ0) is 20.1. The van der Waals surface area contributed by atoms with Crippen LogP contribution in [0.25, 0.3) is 44.5 Å². The molecule has 0 fully saturated rings. The highest BCUT2D eigenvalue weighted by Gasteiger charge is 2.30. The SMILES string of the molecule is O=c1c2c1-c1ccc(-c3ccccc3)cc1CCc1cc(-c3ccccc3)ccc1-2. The molecule has 0 spiro atoms. The lowest BCUT2D eigenvalue weighted by atomic mass is 9.88. The van der Waals surface area contributed by atoms with E-state index in [0.29, 0.717) is 0 Å². The summed E-state index contributed by atoms with van der Waals surface area (Å²) < 4.78 is 0. The quantitative estimate of drug-likeness (QED) is 0.331. The van der Waals surface area contributed by atoms with Gasteiger partial charge >= 0.3 is 0 Å². The van der Waals surface area contributed by atoms with Crippen LogP contribution in [0.5, 0.6) is 0 Å². The van der Waals surface area contributed by atoms with E-state index in [-0.39, 0.29) is 5.43 Å². The maximum Gasteiger partial charge on any atom is 0.195 e. The molecular weight excluding hydrogens is 364 g/mol. The maximum absolute atomic E-state index is 12.8. The van der Waals surface area contributed by atoms with Crippen LogP contribution in [0.1, 0.15) is 11.1 Å². The summed E-state index contributed by atoms with van der Waals surface area (Å²) in [5.74, 6) is 0. The largest absolute Gasteiger partial charge is 0.289 e. The van der Waals surface area contributed by atoms with E-state index in [9.17, 15) is 4.79 Å². The third-order valence-electron chi connectivity index (χ3n) is 6.27. The standard InChI is InChI=1S/C29H20O/c30-29-27-25-15-13-21(19-7-3-1-4-8-19)17-23(25)11-12-24-18-22(14-16-26(24)28(27)29)20-9-5-2-6-10-20/h1-10,13-18H,11-12H2. The van der Waals surface area contributed by atoms with Crippen molar-refractivity contribution in [2.45, 2.75) is 12.8 Å². The Balaban J connectivity index is 1.45. The highest BCUT2D eigenvalue weighted by Crippen LogP contribution is 2.42. The molecule has 5 aromatic rings. The van der Waals surface area contributed by atoms with Crippen molar-refractivity contribution in [3.8, 4) is 44.5 Å². The van der Waals surface area contributed by atoms with Gasteiger partial charge in [-0.15, -0.1) is 0 Å². The monoisotopic (exact) mass is 384 g/mol. The van der Waals surface area contributed by atoms with Crippen LogP contribution in [0.4, 0.5) is 0 Å². The van der Waals surface area contributed by atoms with Crippen molar-refractivity contribution < 1.29 is 0 Å². The summed E-state index contributed by atoms with van der Waals surface area (Å²) in [6.07, 6.45) is 1.87. The Morgan fingerprint density at radius 3 is 1.33 bits per heavy atom. The van der Waals surface area contributed by atoms with E-state index < -0.39 is 0 Å². The fraction of sp³-hybridized carbons (Fsp3) is 0.0690. The van der Waals surface area contributed by atoms with Gasteiger partial charge in [0.05, 0.1) is 0 Å². The molecule has 1 nitrogen and oxygen atoms in total. The molecule has 5 aromatic carbocycles. The van der Waals surface area contributed by atoms with Crippen molar-refractivity contribution >= 4 is 0 Å². The summed E-state index contributed by atoms with van der Waals surface area (Å²) in [5.41, 5.74) is 11.7. The predicted octanol–water partition coefficient (Wildman–Crippen LogP) is 6.69. The molecule has 0 saturated heterocycles. The van der Waals surface area contributed by atoms with Gasteiger partial charge in [0, 0.05) is 11.1 Å². The predicted molar refractivity (Wildman–Crippen MR) is 124 cm³/mol. The number of hydrogen-bond acceptors (Lipinski definition) is 1. The Kier molecular flexibility index (Phi) is 3.82. The van der Waals surface area contributed by atoms with E-state index in [0.717, 1.165) is 35.1 Å². The van der Waals surface area contributed by atoms with Gasteiger partial charge in [-0.2, -0.15) is 0 Å². The molecule has 0 radical (unpaired) electrons. The van der Waals surface area contributed by atoms with Gasteiger partial charge < -0.3 is 0 Å². The molecule has 0 unspecified atom stereocenters. The molecule has 0 N–H and O–H groups in total. The van der Waals surface area contributed by atoms with Crippen LogP contribution < -0.4 is 5.43 Å². The molecule has 0 aliphatic heterocycles. The second-order valence-electron chi connectivity index (χ2n) is 8.06. The maximum atomic E-state index is 12.8. The Hall–Kier alpha value is -3.71. The first-order chi connectivity index (χ1) is 14.8. The first-order valence-electron chi connectivity index (χ1n) is 10.5. The fourth-order valence-electron chi connectivity index (χ4n) is 4.66. The van der Waals surface area contributed by atoms with Gasteiger partial charge in [-0.25, -0.2) is 0 Å². The smallest absolute Gasteiger partial charge is 0.195 e. The zero-order valence-corrected chi connectivity index (χ0v) is 16.6. The highest BCUT2D eigenvalue weighted by molar-refractivity contribution is 5.97. The van der Waals surface area contributed by atoms with Crippen LogP contribution in [0.2, 0.25) is 0 Å². The highest BCUT2D eigenvalue weighted by atomic mass is 16.1. The molecule has 1 heteroatoms. The molecule has 30 heavy (non-hydrogen) atoms. The third kappa shape index (κ3) is 2.74. The van der Waals surface area contributed by atoms with Crippen molar-refractivity contribution in [3.05, 3.63) is 118 Å². The first kappa shape index (κ1) is 17.2. The van der Waals surface area contributed by atoms with Crippen molar-refractivity contribution in [3.63, 3.8) is 0 Å². The Labute approximate surface area is 176 Å². The number of benzene rings is 4. The molecule has 0 amide bonds. The summed E-state index contributed by atoms with van der Waals surface area (Å²) in [6.45, 7) is 0. The molecule has 0 saturated carbocycles. The van der Waals surface area contributed by atoms with Crippen LogP contribution in [-0.4, -0.2) is 0 Å². The molecule has 0 heterocycles. The van der Waals surface area contributed by atoms with Crippen LogP contribution in [0.3, 0.4) is 0 Å². The van der Waals surface area contributed by atoms with Gasteiger partial charge in [0.2, 0.25) is 0 Å². The van der Waals surface area contributed by atoms with E-state index in [1.54, 1.807) is 0 Å². The summed E-state index contributed by atoms with van der Waals surface area (Å²) in [5, 5.41) is 0. The third-order valence-corrected chi connectivity index (χ3v) is 6.27. The normalized spacial score (nSPS) is 12.5. The molecule has 1 aliphatic rings. The van der Waals surface area contributed by atoms with Gasteiger partial charge in [0.25, 0.3) is 0 Å². The Bertz CT molecular complexity index is 1280. The number of hydrogen-bond donors (Lipinski definition) is 0. The van der Waals surface area contributed by atoms with Crippen LogP contribution in [-0.2, 0) is 12.8 Å². The van der Waals surface area contributed by atoms with E-state index >= 15 is 0 Å². The summed E-state index contributed by atoms with van der Waals surface area (Å²) in [4.78, 5) is 12.8. The lowest BCUT2D eigenvalue weighted by molar-refractivity contribution is 0.964. The molecule has 0 atom stereocenters. The minimum Gasteiger partial charge on any atom is -0.289 e. The van der Waals surface area contributed by atoms with Gasteiger partial charge in [-0.1, -0.05) is 97.1 Å². The van der Waals surface area contributed by atoms with Gasteiger partial charge in [0.1, 0.15) is 0 Å². The average molecular weight is 384 g/mol. The van der Waals surface area contributed by atoms with Gasteiger partial charge in [-0.05, 0) is 57.3 Å². The van der Waals surface area contributed by atoms with E-state index in [4.69, 9.17) is 0 Å². The zero-order valence-electron chi connectivity index (χ0n) is 16.6. The summed E-state index contributed by atoms with van der Waals surface area (Å²) in [6, 6.07) is 34.0. The molecule has 6 rings (SSSR count). The molecule has 0 aromatic heterocycles. The molecular formula is C29H20O.